The topological polar surface area (TPSA) is 38.3 Å². The molecular weight excluding hydrogens is 221 g/mol. The second-order valence-electron chi connectivity index (χ2n) is 4.32. The minimum Gasteiger partial charge on any atom is -0.461 e. The van der Waals surface area contributed by atoms with Gasteiger partial charge in [0, 0.05) is 12.0 Å². The summed E-state index contributed by atoms with van der Waals surface area (Å²) in [6, 6.07) is 6.34. The smallest absolute Gasteiger partial charge is 0.306 e. The van der Waals surface area contributed by atoms with E-state index in [4.69, 9.17) is 4.74 Å². The van der Waals surface area contributed by atoms with Crippen LogP contribution in [-0.4, -0.2) is 19.1 Å². The van der Waals surface area contributed by atoms with E-state index in [0.717, 1.165) is 19.5 Å². The molecule has 0 spiro atoms. The monoisotopic (exact) mass is 237 g/mol. The van der Waals surface area contributed by atoms with Crippen molar-refractivity contribution in [1.82, 2.24) is 5.32 Å². The molecule has 0 bridgehead atoms. The number of esters is 1. The molecule has 1 atom stereocenters. The first-order valence-corrected chi connectivity index (χ1v) is 5.85. The van der Waals surface area contributed by atoms with E-state index in [9.17, 15) is 9.18 Å². The van der Waals surface area contributed by atoms with Crippen molar-refractivity contribution in [2.75, 3.05) is 13.1 Å². The number of hydrogen-bond donors (Lipinski definition) is 1. The Morgan fingerprint density at radius 1 is 1.47 bits per heavy atom. The van der Waals surface area contributed by atoms with Gasteiger partial charge in [-0.25, -0.2) is 4.39 Å². The molecular formula is C13H16FNO2. The molecule has 0 aliphatic carbocycles. The summed E-state index contributed by atoms with van der Waals surface area (Å²) in [7, 11) is 0. The molecule has 1 N–H and O–H groups in total. The Kier molecular flexibility index (Phi) is 4.09. The predicted octanol–water partition coefficient (Wildman–Crippen LogP) is 1.87. The highest BCUT2D eigenvalue weighted by molar-refractivity contribution is 5.69. The summed E-state index contributed by atoms with van der Waals surface area (Å²) < 4.78 is 18.3. The maximum Gasteiger partial charge on any atom is 0.306 e. The van der Waals surface area contributed by atoms with E-state index in [0.29, 0.717) is 17.9 Å². The summed E-state index contributed by atoms with van der Waals surface area (Å²) in [6.45, 7) is 1.85. The van der Waals surface area contributed by atoms with Gasteiger partial charge in [0.15, 0.2) is 0 Å². The third-order valence-corrected chi connectivity index (χ3v) is 2.96. The van der Waals surface area contributed by atoms with Gasteiger partial charge in [-0.05, 0) is 31.5 Å². The summed E-state index contributed by atoms with van der Waals surface area (Å²) in [5.41, 5.74) is 0.422. The molecule has 3 nitrogen and oxygen atoms in total. The zero-order valence-electron chi connectivity index (χ0n) is 9.62. The fraction of sp³-hybridized carbons (Fsp3) is 0.462. The number of halogens is 1. The third-order valence-electron chi connectivity index (χ3n) is 2.96. The van der Waals surface area contributed by atoms with Gasteiger partial charge in [-0.1, -0.05) is 18.2 Å². The van der Waals surface area contributed by atoms with Gasteiger partial charge in [0.1, 0.15) is 12.4 Å². The van der Waals surface area contributed by atoms with Crippen LogP contribution in [0, 0.1) is 11.7 Å². The van der Waals surface area contributed by atoms with Crippen LogP contribution in [0.15, 0.2) is 24.3 Å². The van der Waals surface area contributed by atoms with Crippen LogP contribution in [0.1, 0.15) is 18.4 Å². The van der Waals surface area contributed by atoms with Crippen molar-refractivity contribution in [3.8, 4) is 0 Å². The van der Waals surface area contributed by atoms with Crippen LogP contribution >= 0.6 is 0 Å². The quantitative estimate of drug-likeness (QED) is 0.812. The standard InChI is InChI=1S/C13H16FNO2/c14-12-4-2-1-3-11(12)9-17-13(16)7-10-5-6-15-8-10/h1-4,10,15H,5-9H2. The summed E-state index contributed by atoms with van der Waals surface area (Å²) in [4.78, 5) is 11.5. The average Bonchev–Trinajstić information content (AvgIpc) is 2.81. The van der Waals surface area contributed by atoms with Crippen LogP contribution in [0.5, 0.6) is 0 Å². The van der Waals surface area contributed by atoms with E-state index in [2.05, 4.69) is 5.32 Å². The lowest BCUT2D eigenvalue weighted by molar-refractivity contribution is -0.146. The van der Waals surface area contributed by atoms with E-state index in [1.54, 1.807) is 18.2 Å². The maximum atomic E-state index is 13.2. The van der Waals surface area contributed by atoms with E-state index in [1.165, 1.54) is 6.07 Å². The van der Waals surface area contributed by atoms with Crippen molar-refractivity contribution >= 4 is 5.97 Å². The SMILES string of the molecule is O=C(CC1CCNC1)OCc1ccccc1F. The van der Waals surface area contributed by atoms with Crippen molar-refractivity contribution < 1.29 is 13.9 Å². The highest BCUT2D eigenvalue weighted by Crippen LogP contribution is 2.14. The molecule has 1 saturated heterocycles. The molecule has 0 aromatic heterocycles. The van der Waals surface area contributed by atoms with Gasteiger partial charge in [-0.2, -0.15) is 0 Å². The Morgan fingerprint density at radius 3 is 3.00 bits per heavy atom. The first-order valence-electron chi connectivity index (χ1n) is 5.85. The van der Waals surface area contributed by atoms with Gasteiger partial charge in [0.2, 0.25) is 0 Å². The largest absolute Gasteiger partial charge is 0.461 e. The van der Waals surface area contributed by atoms with Gasteiger partial charge in [-0.15, -0.1) is 0 Å². The molecule has 1 aliphatic heterocycles. The molecule has 1 aromatic rings. The van der Waals surface area contributed by atoms with Crippen LogP contribution in [0.3, 0.4) is 0 Å². The Labute approximate surface area is 100.0 Å². The molecule has 17 heavy (non-hydrogen) atoms. The highest BCUT2D eigenvalue weighted by atomic mass is 19.1. The Bertz CT molecular complexity index is 389. The molecule has 1 heterocycles. The molecule has 92 valence electrons. The molecule has 1 aromatic carbocycles. The van der Waals surface area contributed by atoms with Crippen LogP contribution in [0.2, 0.25) is 0 Å². The van der Waals surface area contributed by atoms with Gasteiger partial charge in [0.25, 0.3) is 0 Å². The van der Waals surface area contributed by atoms with Crippen molar-refractivity contribution in [1.29, 1.82) is 0 Å². The summed E-state index contributed by atoms with van der Waals surface area (Å²) in [5.74, 6) is -0.215. The minimum atomic E-state index is -0.331. The predicted molar refractivity (Wildman–Crippen MR) is 61.8 cm³/mol. The molecule has 0 radical (unpaired) electrons. The Morgan fingerprint density at radius 2 is 2.29 bits per heavy atom. The van der Waals surface area contributed by atoms with Crippen molar-refractivity contribution in [2.45, 2.75) is 19.4 Å². The van der Waals surface area contributed by atoms with Crippen LogP contribution in [-0.2, 0) is 16.1 Å². The van der Waals surface area contributed by atoms with Gasteiger partial charge in [-0.3, -0.25) is 4.79 Å². The number of ether oxygens (including phenoxy) is 1. The van der Waals surface area contributed by atoms with Crippen molar-refractivity contribution in [2.24, 2.45) is 5.92 Å². The molecule has 0 amide bonds. The second-order valence-corrected chi connectivity index (χ2v) is 4.32. The van der Waals surface area contributed by atoms with E-state index in [1.807, 2.05) is 0 Å². The van der Waals surface area contributed by atoms with Gasteiger partial charge in [0.05, 0.1) is 0 Å². The fourth-order valence-corrected chi connectivity index (χ4v) is 1.96. The van der Waals surface area contributed by atoms with Crippen molar-refractivity contribution in [3.05, 3.63) is 35.6 Å². The number of benzene rings is 1. The normalized spacial score (nSPS) is 19.2. The number of nitrogens with one attached hydrogen (secondary N) is 1. The second kappa shape index (κ2) is 5.77. The average molecular weight is 237 g/mol. The number of carbonyl (C=O) groups excluding carboxylic acids is 1. The fourth-order valence-electron chi connectivity index (χ4n) is 1.96. The third kappa shape index (κ3) is 3.53. The van der Waals surface area contributed by atoms with Gasteiger partial charge < -0.3 is 10.1 Å². The molecule has 1 aliphatic rings. The summed E-state index contributed by atoms with van der Waals surface area (Å²) in [5, 5.41) is 3.19. The van der Waals surface area contributed by atoms with E-state index in [-0.39, 0.29) is 18.4 Å². The lowest BCUT2D eigenvalue weighted by Crippen LogP contribution is -2.14. The molecule has 1 fully saturated rings. The molecule has 0 saturated carbocycles. The molecule has 1 unspecified atom stereocenters. The van der Waals surface area contributed by atoms with E-state index < -0.39 is 0 Å². The highest BCUT2D eigenvalue weighted by Gasteiger charge is 2.18. The van der Waals surface area contributed by atoms with Crippen LogP contribution in [0.4, 0.5) is 4.39 Å². The number of hydrogen-bond acceptors (Lipinski definition) is 3. The molecule has 4 heteroatoms. The first kappa shape index (κ1) is 12.0. The maximum absolute atomic E-state index is 13.2. The number of rotatable bonds is 4. The first-order chi connectivity index (χ1) is 8.25. The van der Waals surface area contributed by atoms with Crippen LogP contribution < -0.4 is 5.32 Å². The minimum absolute atomic E-state index is 0.0195. The summed E-state index contributed by atoms with van der Waals surface area (Å²) >= 11 is 0. The number of carbonyl (C=O) groups is 1. The Hall–Kier alpha value is -1.42. The zero-order valence-corrected chi connectivity index (χ0v) is 9.62. The summed E-state index contributed by atoms with van der Waals surface area (Å²) in [6.07, 6.45) is 1.43. The zero-order chi connectivity index (χ0) is 12.1. The van der Waals surface area contributed by atoms with Crippen molar-refractivity contribution in [3.63, 3.8) is 0 Å². The lowest BCUT2D eigenvalue weighted by Gasteiger charge is -2.09. The van der Waals surface area contributed by atoms with Gasteiger partial charge >= 0.3 is 5.97 Å². The Balaban J connectivity index is 1.77. The van der Waals surface area contributed by atoms with E-state index >= 15 is 0 Å². The molecule has 2 rings (SSSR count). The van der Waals surface area contributed by atoms with Crippen LogP contribution in [0.25, 0.3) is 0 Å². The lowest BCUT2D eigenvalue weighted by atomic mass is 10.1.